The highest BCUT2D eigenvalue weighted by Crippen LogP contribution is 2.47. The van der Waals surface area contributed by atoms with Crippen LogP contribution in [0.3, 0.4) is 0 Å². The number of hydrogen-bond acceptors (Lipinski definition) is 3. The lowest BCUT2D eigenvalue weighted by molar-refractivity contribution is -0.385. The van der Waals surface area contributed by atoms with Gasteiger partial charge in [0.1, 0.15) is 0 Å². The van der Waals surface area contributed by atoms with E-state index in [1.165, 1.54) is 6.07 Å². The van der Waals surface area contributed by atoms with E-state index >= 15 is 0 Å². The summed E-state index contributed by atoms with van der Waals surface area (Å²) in [5, 5.41) is 20.1. The molecule has 16 heavy (non-hydrogen) atoms. The minimum Gasteiger partial charge on any atom is -0.396 e. The van der Waals surface area contributed by atoms with Gasteiger partial charge in [-0.25, -0.2) is 0 Å². The van der Waals surface area contributed by atoms with Crippen molar-refractivity contribution in [3.8, 4) is 0 Å². The Balaban J connectivity index is 2.51. The summed E-state index contributed by atoms with van der Waals surface area (Å²) in [6.45, 7) is 3.74. The summed E-state index contributed by atoms with van der Waals surface area (Å²) in [5.74, 6) is 0.00269. The van der Waals surface area contributed by atoms with E-state index in [2.05, 4.69) is 6.92 Å². The second-order valence-corrected chi connectivity index (χ2v) is 4.19. The number of nitro benzene ring substituents is 1. The second-order valence-electron chi connectivity index (χ2n) is 4.19. The number of nitrogens with zero attached hydrogens (tertiary/aromatic N) is 1. The summed E-state index contributed by atoms with van der Waals surface area (Å²) in [6.07, 6.45) is 1.99. The fraction of sp³-hybridized carbons (Fsp3) is 0.417. The van der Waals surface area contributed by atoms with Crippen LogP contribution in [-0.4, -0.2) is 16.6 Å². The highest BCUT2D eigenvalue weighted by molar-refractivity contribution is 5.51. The molecule has 1 aromatic rings. The van der Waals surface area contributed by atoms with Crippen LogP contribution in [0.5, 0.6) is 0 Å². The molecule has 1 aliphatic carbocycles. The van der Waals surface area contributed by atoms with Crippen LogP contribution < -0.4 is 0 Å². The van der Waals surface area contributed by atoms with Crippen LogP contribution in [0.1, 0.15) is 35.8 Å². The summed E-state index contributed by atoms with van der Waals surface area (Å²) >= 11 is 0. The predicted molar refractivity (Wildman–Crippen MR) is 60.3 cm³/mol. The molecule has 4 heteroatoms. The van der Waals surface area contributed by atoms with E-state index in [9.17, 15) is 10.1 Å². The molecule has 85 valence electrons. The maximum Gasteiger partial charge on any atom is 0.273 e. The quantitative estimate of drug-likeness (QED) is 0.626. The van der Waals surface area contributed by atoms with Gasteiger partial charge in [0.25, 0.3) is 5.69 Å². The van der Waals surface area contributed by atoms with E-state index in [1.807, 2.05) is 6.07 Å². The van der Waals surface area contributed by atoms with Crippen LogP contribution >= 0.6 is 0 Å². The molecule has 0 saturated heterocycles. The van der Waals surface area contributed by atoms with Crippen molar-refractivity contribution < 1.29 is 10.0 Å². The molecule has 1 N–H and O–H groups in total. The van der Waals surface area contributed by atoms with Gasteiger partial charge in [0.2, 0.25) is 0 Å². The Morgan fingerprint density at radius 3 is 2.75 bits per heavy atom. The van der Waals surface area contributed by atoms with Crippen molar-refractivity contribution in [2.75, 3.05) is 6.61 Å². The van der Waals surface area contributed by atoms with Gasteiger partial charge in [-0.1, -0.05) is 12.1 Å². The first-order valence-corrected chi connectivity index (χ1v) is 5.36. The zero-order chi connectivity index (χ0) is 11.7. The van der Waals surface area contributed by atoms with Crippen LogP contribution in [0.4, 0.5) is 5.69 Å². The Morgan fingerprint density at radius 1 is 1.56 bits per heavy atom. The summed E-state index contributed by atoms with van der Waals surface area (Å²) in [6, 6.07) is 5.02. The Hall–Kier alpha value is -1.42. The Morgan fingerprint density at radius 2 is 2.25 bits per heavy atom. The molecule has 1 aliphatic rings. The molecule has 0 spiro atoms. The Kier molecular flexibility index (Phi) is 2.92. The molecular weight excluding hydrogens is 206 g/mol. The minimum absolute atomic E-state index is 0.0825. The maximum atomic E-state index is 10.9. The van der Waals surface area contributed by atoms with Crippen molar-refractivity contribution in [2.24, 2.45) is 0 Å². The summed E-state index contributed by atoms with van der Waals surface area (Å²) in [5.41, 5.74) is 1.77. The normalized spacial score (nSPS) is 17.1. The smallest absolute Gasteiger partial charge is 0.273 e. The van der Waals surface area contributed by atoms with Crippen LogP contribution in [0.25, 0.3) is 0 Å². The molecule has 1 saturated carbocycles. The zero-order valence-corrected chi connectivity index (χ0v) is 8.93. The highest BCUT2D eigenvalue weighted by Gasteiger charge is 2.33. The lowest BCUT2D eigenvalue weighted by Crippen LogP contribution is -2.05. The monoisotopic (exact) mass is 220 g/mol. The van der Waals surface area contributed by atoms with Crippen LogP contribution in [0.2, 0.25) is 0 Å². The third-order valence-corrected chi connectivity index (χ3v) is 2.96. The largest absolute Gasteiger partial charge is 0.396 e. The number of aliphatic hydroxyl groups is 1. The van der Waals surface area contributed by atoms with Gasteiger partial charge in [-0.3, -0.25) is 10.1 Å². The lowest BCUT2D eigenvalue weighted by Gasteiger charge is -2.13. The molecule has 0 aromatic heterocycles. The molecule has 1 atom stereocenters. The van der Waals surface area contributed by atoms with E-state index in [1.54, 1.807) is 6.07 Å². The number of rotatable bonds is 4. The van der Waals surface area contributed by atoms with Crippen LogP contribution in [0.15, 0.2) is 18.2 Å². The molecule has 0 aliphatic heterocycles. The molecule has 0 heterocycles. The number of nitro groups is 1. The molecule has 0 amide bonds. The SMILES string of the molecule is [CH2]C(CO)c1cccc([N+](=O)[O-])c1C1CC1. The van der Waals surface area contributed by atoms with Crippen molar-refractivity contribution >= 4 is 5.69 Å². The minimum atomic E-state index is -0.346. The fourth-order valence-corrected chi connectivity index (χ4v) is 2.00. The van der Waals surface area contributed by atoms with Gasteiger partial charge in [-0.05, 0) is 31.2 Å². The molecule has 1 unspecified atom stereocenters. The molecule has 2 rings (SSSR count). The van der Waals surface area contributed by atoms with Gasteiger partial charge in [0.15, 0.2) is 0 Å². The first-order valence-electron chi connectivity index (χ1n) is 5.36. The van der Waals surface area contributed by atoms with Crippen molar-refractivity contribution in [1.29, 1.82) is 0 Å². The third-order valence-electron chi connectivity index (χ3n) is 2.96. The topological polar surface area (TPSA) is 63.4 Å². The van der Waals surface area contributed by atoms with Crippen molar-refractivity contribution in [1.82, 2.24) is 0 Å². The van der Waals surface area contributed by atoms with E-state index < -0.39 is 0 Å². The van der Waals surface area contributed by atoms with Crippen LogP contribution in [-0.2, 0) is 0 Å². The standard InChI is InChI=1S/C12H14NO3/c1-8(7-14)10-3-2-4-11(13(15)16)12(10)9-5-6-9/h2-4,8-9,14H,1,5-7H2. The molecule has 4 nitrogen and oxygen atoms in total. The number of benzene rings is 1. The first-order chi connectivity index (χ1) is 7.65. The van der Waals surface area contributed by atoms with Crippen LogP contribution in [0, 0.1) is 17.0 Å². The Bertz CT molecular complexity index is 413. The van der Waals surface area contributed by atoms with Crippen molar-refractivity contribution in [2.45, 2.75) is 24.7 Å². The average molecular weight is 220 g/mol. The molecule has 1 fully saturated rings. The summed E-state index contributed by atoms with van der Waals surface area (Å²) in [7, 11) is 0. The average Bonchev–Trinajstić information content (AvgIpc) is 3.10. The number of aliphatic hydroxyl groups excluding tert-OH is 1. The summed E-state index contributed by atoms with van der Waals surface area (Å²) in [4.78, 5) is 10.6. The lowest BCUT2D eigenvalue weighted by atomic mass is 9.92. The predicted octanol–water partition coefficient (Wildman–Crippen LogP) is 2.38. The van der Waals surface area contributed by atoms with Gasteiger partial charge >= 0.3 is 0 Å². The van der Waals surface area contributed by atoms with Crippen molar-refractivity contribution in [3.05, 3.63) is 46.4 Å². The second kappa shape index (κ2) is 4.22. The van der Waals surface area contributed by atoms with Gasteiger partial charge in [-0.15, -0.1) is 0 Å². The van der Waals surface area contributed by atoms with Gasteiger partial charge in [0.05, 0.1) is 4.92 Å². The summed E-state index contributed by atoms with van der Waals surface area (Å²) < 4.78 is 0. The fourth-order valence-electron chi connectivity index (χ4n) is 2.00. The van der Waals surface area contributed by atoms with E-state index in [-0.39, 0.29) is 29.1 Å². The van der Waals surface area contributed by atoms with E-state index in [0.29, 0.717) is 0 Å². The molecular formula is C12H14NO3. The first kappa shape index (κ1) is 11.1. The van der Waals surface area contributed by atoms with Crippen molar-refractivity contribution in [3.63, 3.8) is 0 Å². The van der Waals surface area contributed by atoms with E-state index in [0.717, 1.165) is 24.0 Å². The van der Waals surface area contributed by atoms with E-state index in [4.69, 9.17) is 5.11 Å². The highest BCUT2D eigenvalue weighted by atomic mass is 16.6. The maximum absolute atomic E-state index is 10.9. The van der Waals surface area contributed by atoms with Gasteiger partial charge in [-0.2, -0.15) is 0 Å². The van der Waals surface area contributed by atoms with Gasteiger partial charge in [0, 0.05) is 24.2 Å². The third kappa shape index (κ3) is 1.93. The van der Waals surface area contributed by atoms with Gasteiger partial charge < -0.3 is 5.11 Å². The zero-order valence-electron chi connectivity index (χ0n) is 8.93. The number of hydrogen-bond donors (Lipinski definition) is 1. The molecule has 1 radical (unpaired) electrons. The molecule has 1 aromatic carbocycles. The molecule has 0 bridgehead atoms. The Labute approximate surface area is 94.1 Å².